The molecule has 2 N–H and O–H groups in total. The van der Waals surface area contributed by atoms with E-state index in [2.05, 4.69) is 20.6 Å². The molecule has 3 aromatic rings. The van der Waals surface area contributed by atoms with Crippen LogP contribution >= 0.6 is 0 Å². The van der Waals surface area contributed by atoms with E-state index >= 15 is 0 Å². The normalized spacial score (nSPS) is 11.2. The van der Waals surface area contributed by atoms with Gasteiger partial charge in [-0.25, -0.2) is 4.98 Å². The van der Waals surface area contributed by atoms with E-state index in [1.165, 1.54) is 6.07 Å². The van der Waals surface area contributed by atoms with E-state index in [0.717, 1.165) is 17.7 Å². The summed E-state index contributed by atoms with van der Waals surface area (Å²) >= 11 is 0. The summed E-state index contributed by atoms with van der Waals surface area (Å²) in [6.07, 6.45) is -4.40. The van der Waals surface area contributed by atoms with Gasteiger partial charge in [-0.2, -0.15) is 18.2 Å². The molecule has 0 saturated carbocycles. The molecule has 26 heavy (non-hydrogen) atoms. The molecular weight excluding hydrogens is 341 g/mol. The Labute approximate surface area is 149 Å². The van der Waals surface area contributed by atoms with Crippen molar-refractivity contribution in [1.82, 2.24) is 9.97 Å². The molecule has 0 saturated heterocycles. The van der Waals surface area contributed by atoms with Crippen molar-refractivity contribution in [3.05, 3.63) is 66.2 Å². The first-order chi connectivity index (χ1) is 12.5. The number of alkyl halides is 3. The first kappa shape index (κ1) is 17.7. The average Bonchev–Trinajstić information content (AvgIpc) is 2.62. The second-order valence-electron chi connectivity index (χ2n) is 5.56. The quantitative estimate of drug-likeness (QED) is 0.647. The lowest BCUT2D eigenvalue weighted by Gasteiger charge is -2.12. The molecule has 1 heterocycles. The second kappa shape index (κ2) is 7.43. The third-order valence-electron chi connectivity index (χ3n) is 3.59. The second-order valence-corrected chi connectivity index (χ2v) is 5.56. The number of hydrogen-bond donors (Lipinski definition) is 2. The summed E-state index contributed by atoms with van der Waals surface area (Å²) in [5.41, 5.74) is 1.15. The highest BCUT2D eigenvalue weighted by Crippen LogP contribution is 2.31. The Balaban J connectivity index is 1.96. The summed E-state index contributed by atoms with van der Waals surface area (Å²) in [6, 6.07) is 16.2. The molecule has 1 aromatic heterocycles. The van der Waals surface area contributed by atoms with Crippen LogP contribution < -0.4 is 10.6 Å². The monoisotopic (exact) mass is 358 g/mol. The minimum Gasteiger partial charge on any atom is -0.354 e. The van der Waals surface area contributed by atoms with Gasteiger partial charge in [-0.15, -0.1) is 0 Å². The van der Waals surface area contributed by atoms with E-state index in [0.29, 0.717) is 29.7 Å². The lowest BCUT2D eigenvalue weighted by molar-refractivity contribution is -0.137. The fourth-order valence-electron chi connectivity index (χ4n) is 2.43. The SMILES string of the molecule is CCNc1nc(Nc2cccc(C(F)(F)F)c2)cc(-c2ccccc2)n1. The molecule has 0 aliphatic rings. The number of aromatic nitrogens is 2. The average molecular weight is 358 g/mol. The number of anilines is 3. The Morgan fingerprint density at radius 3 is 2.38 bits per heavy atom. The third kappa shape index (κ3) is 4.30. The maximum atomic E-state index is 12.9. The van der Waals surface area contributed by atoms with Gasteiger partial charge in [-0.3, -0.25) is 0 Å². The van der Waals surface area contributed by atoms with Crippen LogP contribution in [0.25, 0.3) is 11.3 Å². The highest BCUT2D eigenvalue weighted by atomic mass is 19.4. The Morgan fingerprint density at radius 1 is 0.923 bits per heavy atom. The number of rotatable bonds is 5. The van der Waals surface area contributed by atoms with Gasteiger partial charge < -0.3 is 10.6 Å². The Kier molecular flexibility index (Phi) is 5.06. The van der Waals surface area contributed by atoms with Crippen LogP contribution in [0, 0.1) is 0 Å². The van der Waals surface area contributed by atoms with Crippen LogP contribution in [0.15, 0.2) is 60.7 Å². The minimum absolute atomic E-state index is 0.306. The molecule has 0 radical (unpaired) electrons. The zero-order valence-electron chi connectivity index (χ0n) is 14.0. The van der Waals surface area contributed by atoms with E-state index in [4.69, 9.17) is 0 Å². The lowest BCUT2D eigenvalue weighted by Crippen LogP contribution is -2.07. The lowest BCUT2D eigenvalue weighted by atomic mass is 10.1. The van der Waals surface area contributed by atoms with E-state index in [1.54, 1.807) is 12.1 Å². The molecular formula is C19H17F3N4. The molecule has 7 heteroatoms. The molecule has 4 nitrogen and oxygen atoms in total. The van der Waals surface area contributed by atoms with Gasteiger partial charge in [0.1, 0.15) is 5.82 Å². The van der Waals surface area contributed by atoms with Gasteiger partial charge in [0.15, 0.2) is 0 Å². The van der Waals surface area contributed by atoms with Crippen molar-refractivity contribution in [3.8, 4) is 11.3 Å². The number of nitrogens with one attached hydrogen (secondary N) is 2. The summed E-state index contributed by atoms with van der Waals surface area (Å²) in [5.74, 6) is 0.817. The molecule has 0 amide bonds. The van der Waals surface area contributed by atoms with Crippen molar-refractivity contribution in [2.24, 2.45) is 0 Å². The zero-order valence-corrected chi connectivity index (χ0v) is 14.0. The standard InChI is InChI=1S/C19H17F3N4/c1-2-23-18-25-16(13-7-4-3-5-8-13)12-17(26-18)24-15-10-6-9-14(11-15)19(20,21)22/h3-12H,2H2,1H3,(H2,23,24,25,26). The fraction of sp³-hybridized carbons (Fsp3) is 0.158. The van der Waals surface area contributed by atoms with Crippen LogP contribution in [0.4, 0.5) is 30.6 Å². The molecule has 0 aliphatic heterocycles. The van der Waals surface area contributed by atoms with Crippen molar-refractivity contribution in [1.29, 1.82) is 0 Å². The Hall–Kier alpha value is -3.09. The molecule has 0 aliphatic carbocycles. The van der Waals surface area contributed by atoms with Gasteiger partial charge in [-0.1, -0.05) is 36.4 Å². The molecule has 3 rings (SSSR count). The van der Waals surface area contributed by atoms with E-state index in [-0.39, 0.29) is 0 Å². The molecule has 134 valence electrons. The highest BCUT2D eigenvalue weighted by Gasteiger charge is 2.30. The van der Waals surface area contributed by atoms with Crippen molar-refractivity contribution in [3.63, 3.8) is 0 Å². The third-order valence-corrected chi connectivity index (χ3v) is 3.59. The van der Waals surface area contributed by atoms with E-state index in [9.17, 15) is 13.2 Å². The van der Waals surface area contributed by atoms with Gasteiger partial charge >= 0.3 is 6.18 Å². The van der Waals surface area contributed by atoms with Crippen LogP contribution in [-0.2, 0) is 6.18 Å². The number of halogens is 3. The topological polar surface area (TPSA) is 49.8 Å². The van der Waals surface area contributed by atoms with Gasteiger partial charge in [0.25, 0.3) is 0 Å². The van der Waals surface area contributed by atoms with Crippen LogP contribution in [0.5, 0.6) is 0 Å². The predicted octanol–water partition coefficient (Wildman–Crippen LogP) is 5.34. The summed E-state index contributed by atoms with van der Waals surface area (Å²) < 4.78 is 38.7. The molecule has 0 bridgehead atoms. The molecule has 0 spiro atoms. The maximum absolute atomic E-state index is 12.9. The van der Waals surface area contributed by atoms with Crippen LogP contribution in [-0.4, -0.2) is 16.5 Å². The van der Waals surface area contributed by atoms with Crippen LogP contribution in [0.2, 0.25) is 0 Å². The molecule has 0 atom stereocenters. The number of benzene rings is 2. The van der Waals surface area contributed by atoms with Crippen molar-refractivity contribution >= 4 is 17.5 Å². The van der Waals surface area contributed by atoms with Gasteiger partial charge in [0, 0.05) is 23.9 Å². The number of nitrogens with zero attached hydrogens (tertiary/aromatic N) is 2. The van der Waals surface area contributed by atoms with E-state index < -0.39 is 11.7 Å². The van der Waals surface area contributed by atoms with Crippen molar-refractivity contribution in [2.75, 3.05) is 17.2 Å². The Morgan fingerprint density at radius 2 is 1.69 bits per heavy atom. The summed E-state index contributed by atoms with van der Waals surface area (Å²) in [4.78, 5) is 8.77. The first-order valence-corrected chi connectivity index (χ1v) is 8.08. The summed E-state index contributed by atoms with van der Waals surface area (Å²) in [7, 11) is 0. The first-order valence-electron chi connectivity index (χ1n) is 8.08. The van der Waals surface area contributed by atoms with E-state index in [1.807, 2.05) is 37.3 Å². The van der Waals surface area contributed by atoms with Crippen LogP contribution in [0.1, 0.15) is 12.5 Å². The minimum atomic E-state index is -4.40. The van der Waals surface area contributed by atoms with Gasteiger partial charge in [0.2, 0.25) is 5.95 Å². The predicted molar refractivity (Wildman–Crippen MR) is 96.4 cm³/mol. The fourth-order valence-corrected chi connectivity index (χ4v) is 2.43. The largest absolute Gasteiger partial charge is 0.416 e. The maximum Gasteiger partial charge on any atom is 0.416 e. The summed E-state index contributed by atoms with van der Waals surface area (Å²) in [6.45, 7) is 2.54. The molecule has 0 unspecified atom stereocenters. The van der Waals surface area contributed by atoms with Crippen LogP contribution in [0.3, 0.4) is 0 Å². The smallest absolute Gasteiger partial charge is 0.354 e. The molecule has 2 aromatic carbocycles. The highest BCUT2D eigenvalue weighted by molar-refractivity contribution is 5.67. The molecule has 0 fully saturated rings. The Bertz CT molecular complexity index is 879. The zero-order chi connectivity index (χ0) is 18.6. The van der Waals surface area contributed by atoms with Gasteiger partial charge in [-0.05, 0) is 25.1 Å². The summed E-state index contributed by atoms with van der Waals surface area (Å²) in [5, 5.41) is 5.97. The van der Waals surface area contributed by atoms with Gasteiger partial charge in [0.05, 0.1) is 11.3 Å². The van der Waals surface area contributed by atoms with Crippen molar-refractivity contribution in [2.45, 2.75) is 13.1 Å². The van der Waals surface area contributed by atoms with Crippen molar-refractivity contribution < 1.29 is 13.2 Å². The number of hydrogen-bond acceptors (Lipinski definition) is 4.